The van der Waals surface area contributed by atoms with Crippen LogP contribution >= 0.6 is 43.5 Å². The third-order valence-electron chi connectivity index (χ3n) is 6.37. The third kappa shape index (κ3) is 7.38. The molecule has 2 aromatic rings. The Balaban J connectivity index is 1.90. The molecule has 2 nitrogen and oxygen atoms in total. The highest BCUT2D eigenvalue weighted by Crippen LogP contribution is 2.46. The number of Topliss-reactive ketones (excluding diaryl/α,β-unsaturated/α-hetero) is 1. The lowest BCUT2D eigenvalue weighted by Crippen LogP contribution is -2.18. The van der Waals surface area contributed by atoms with Crippen molar-refractivity contribution < 1.29 is 4.79 Å². The molecule has 2 unspecified atom stereocenters. The first-order valence-electron chi connectivity index (χ1n) is 12.2. The van der Waals surface area contributed by atoms with E-state index in [4.69, 9.17) is 16.6 Å². The van der Waals surface area contributed by atoms with Gasteiger partial charge in [0, 0.05) is 38.9 Å². The van der Waals surface area contributed by atoms with E-state index in [1.54, 1.807) is 6.08 Å². The van der Waals surface area contributed by atoms with Crippen molar-refractivity contribution in [3.8, 4) is 0 Å². The van der Waals surface area contributed by atoms with Crippen LogP contribution in [0.3, 0.4) is 0 Å². The van der Waals surface area contributed by atoms with Gasteiger partial charge in [0.15, 0.2) is 0 Å². The van der Waals surface area contributed by atoms with E-state index in [-0.39, 0.29) is 11.7 Å². The Kier molecular flexibility index (Phi) is 10.8. The lowest BCUT2D eigenvalue weighted by Gasteiger charge is -2.30. The van der Waals surface area contributed by atoms with Crippen molar-refractivity contribution in [2.75, 3.05) is 0 Å². The summed E-state index contributed by atoms with van der Waals surface area (Å²) in [5, 5.41) is 0.710. The molecule has 0 N–H and O–H groups in total. The number of nitrogens with zero attached hydrogens (tertiary/aromatic N) is 1. The van der Waals surface area contributed by atoms with Crippen molar-refractivity contribution in [3.63, 3.8) is 0 Å². The molecule has 0 bridgehead atoms. The van der Waals surface area contributed by atoms with Crippen LogP contribution in [0.4, 0.5) is 0 Å². The number of ketones is 1. The van der Waals surface area contributed by atoms with Crippen LogP contribution in [0.25, 0.3) is 12.2 Å². The molecule has 1 aromatic carbocycles. The van der Waals surface area contributed by atoms with Crippen molar-refractivity contribution in [1.82, 2.24) is 4.98 Å². The van der Waals surface area contributed by atoms with E-state index in [1.165, 1.54) is 5.56 Å². The van der Waals surface area contributed by atoms with Crippen molar-refractivity contribution in [2.24, 2.45) is 5.92 Å². The predicted molar refractivity (Wildman–Crippen MR) is 157 cm³/mol. The van der Waals surface area contributed by atoms with Gasteiger partial charge >= 0.3 is 0 Å². The van der Waals surface area contributed by atoms with Crippen LogP contribution in [-0.2, 0) is 4.79 Å². The first-order valence-corrected chi connectivity index (χ1v) is 14.1. The van der Waals surface area contributed by atoms with Crippen LogP contribution in [0.1, 0.15) is 80.7 Å². The SMILES string of the molecule is C=C/C=C(\C=C/C)CC(=O)CCCC(CCC)C1c2ncc(Br)cc2C=Cc2cc(Cl)cc(Br)c21. The summed E-state index contributed by atoms with van der Waals surface area (Å²) in [6, 6.07) is 6.15. The number of fused-ring (bicyclic) bond motifs is 2. The molecule has 184 valence electrons. The largest absolute Gasteiger partial charge is 0.299 e. The monoisotopic (exact) mass is 615 g/mol. The second-order valence-electron chi connectivity index (χ2n) is 8.96. The lowest BCUT2D eigenvalue weighted by molar-refractivity contribution is -0.118. The highest BCUT2D eigenvalue weighted by molar-refractivity contribution is 9.10. The number of carbonyl (C=O) groups excluding carboxylic acids is 1. The summed E-state index contributed by atoms with van der Waals surface area (Å²) < 4.78 is 1.97. The smallest absolute Gasteiger partial charge is 0.137 e. The molecule has 1 aromatic heterocycles. The minimum Gasteiger partial charge on any atom is -0.299 e. The highest BCUT2D eigenvalue weighted by atomic mass is 79.9. The zero-order valence-corrected chi connectivity index (χ0v) is 24.3. The number of rotatable bonds is 11. The fourth-order valence-corrected chi connectivity index (χ4v) is 6.40. The number of benzene rings is 1. The zero-order chi connectivity index (χ0) is 25.4. The quantitative estimate of drug-likeness (QED) is 0.235. The summed E-state index contributed by atoms with van der Waals surface area (Å²) in [5.41, 5.74) is 5.55. The summed E-state index contributed by atoms with van der Waals surface area (Å²) >= 11 is 13.8. The normalized spacial score (nSPS) is 16.0. The van der Waals surface area contributed by atoms with Gasteiger partial charge in [0.1, 0.15) is 5.78 Å². The first-order chi connectivity index (χ1) is 16.9. The lowest BCUT2D eigenvalue weighted by atomic mass is 9.76. The van der Waals surface area contributed by atoms with Crippen LogP contribution < -0.4 is 0 Å². The van der Waals surface area contributed by atoms with Crippen molar-refractivity contribution in [2.45, 2.75) is 58.3 Å². The molecule has 0 saturated heterocycles. The predicted octanol–water partition coefficient (Wildman–Crippen LogP) is 10.1. The summed E-state index contributed by atoms with van der Waals surface area (Å²) in [4.78, 5) is 17.6. The van der Waals surface area contributed by atoms with E-state index in [0.717, 1.165) is 57.0 Å². The minimum absolute atomic E-state index is 0.115. The fourth-order valence-electron chi connectivity index (χ4n) is 4.97. The summed E-state index contributed by atoms with van der Waals surface area (Å²) in [5.74, 6) is 0.740. The van der Waals surface area contributed by atoms with E-state index < -0.39 is 0 Å². The van der Waals surface area contributed by atoms with Gasteiger partial charge in [0.25, 0.3) is 0 Å². The molecule has 1 aliphatic carbocycles. The van der Waals surface area contributed by atoms with Gasteiger partial charge in [-0.25, -0.2) is 0 Å². The Labute approximate surface area is 231 Å². The second-order valence-corrected chi connectivity index (χ2v) is 11.2. The van der Waals surface area contributed by atoms with E-state index in [1.807, 2.05) is 43.5 Å². The Morgan fingerprint density at radius 3 is 2.69 bits per heavy atom. The molecule has 5 heteroatoms. The number of carbonyl (C=O) groups is 1. The van der Waals surface area contributed by atoms with E-state index in [2.05, 4.69) is 63.6 Å². The van der Waals surface area contributed by atoms with Crippen LogP contribution in [0.15, 0.2) is 69.8 Å². The van der Waals surface area contributed by atoms with E-state index >= 15 is 0 Å². The average Bonchev–Trinajstić information content (AvgIpc) is 2.95. The van der Waals surface area contributed by atoms with Crippen molar-refractivity contribution in [1.29, 1.82) is 0 Å². The number of hydrogen-bond acceptors (Lipinski definition) is 2. The molecule has 0 saturated carbocycles. The van der Waals surface area contributed by atoms with Crippen LogP contribution in [-0.4, -0.2) is 10.8 Å². The maximum atomic E-state index is 12.7. The molecular formula is C30H32Br2ClNO. The maximum Gasteiger partial charge on any atom is 0.137 e. The average molecular weight is 618 g/mol. The number of hydrogen-bond donors (Lipinski definition) is 0. The van der Waals surface area contributed by atoms with Gasteiger partial charge in [-0.15, -0.1) is 0 Å². The van der Waals surface area contributed by atoms with Crippen LogP contribution in [0.2, 0.25) is 5.02 Å². The molecule has 0 fully saturated rings. The Morgan fingerprint density at radius 1 is 1.20 bits per heavy atom. The molecule has 3 rings (SSSR count). The Morgan fingerprint density at radius 2 is 1.97 bits per heavy atom. The number of halogens is 3. The summed E-state index contributed by atoms with van der Waals surface area (Å²) in [6.45, 7) is 7.95. The molecule has 0 spiro atoms. The van der Waals surface area contributed by atoms with Gasteiger partial charge in [-0.2, -0.15) is 0 Å². The van der Waals surface area contributed by atoms with E-state index in [9.17, 15) is 4.79 Å². The van der Waals surface area contributed by atoms with Gasteiger partial charge in [0.2, 0.25) is 0 Å². The number of allylic oxidation sites excluding steroid dienone is 5. The van der Waals surface area contributed by atoms with Gasteiger partial charge < -0.3 is 0 Å². The second kappa shape index (κ2) is 13.5. The van der Waals surface area contributed by atoms with Gasteiger partial charge in [0.05, 0.1) is 5.69 Å². The van der Waals surface area contributed by atoms with Crippen LogP contribution in [0.5, 0.6) is 0 Å². The summed E-state index contributed by atoms with van der Waals surface area (Å²) in [6.07, 6.45) is 18.7. The van der Waals surface area contributed by atoms with Crippen molar-refractivity contribution >= 4 is 61.4 Å². The van der Waals surface area contributed by atoms with Gasteiger partial charge in [-0.1, -0.05) is 83.9 Å². The number of aromatic nitrogens is 1. The highest BCUT2D eigenvalue weighted by Gasteiger charge is 2.32. The Hall–Kier alpha value is -1.75. The standard InChI is InChI=1S/C30H32Br2ClNO/c1-4-8-20(9-5-2)15-26(35)12-7-11-21(10-6-3)29-28-22(17-25(33)18-27(28)32)13-14-23-16-24(31)19-34-30(23)29/h4-5,8-9,13-14,16-19,21,29H,1,6-7,10-12,15H2,2-3H3/b9-5-,20-8+. The molecule has 2 atom stereocenters. The molecule has 1 aliphatic rings. The molecule has 0 aliphatic heterocycles. The van der Waals surface area contributed by atoms with Crippen LogP contribution in [0, 0.1) is 5.92 Å². The Bertz CT molecular complexity index is 1170. The zero-order valence-electron chi connectivity index (χ0n) is 20.4. The topological polar surface area (TPSA) is 30.0 Å². The van der Waals surface area contributed by atoms with Gasteiger partial charge in [-0.3, -0.25) is 9.78 Å². The molecule has 0 amide bonds. The van der Waals surface area contributed by atoms with E-state index in [0.29, 0.717) is 23.8 Å². The third-order valence-corrected chi connectivity index (χ3v) is 7.67. The summed E-state index contributed by atoms with van der Waals surface area (Å²) in [7, 11) is 0. The molecule has 35 heavy (non-hydrogen) atoms. The molecular weight excluding hydrogens is 586 g/mol. The molecule has 1 heterocycles. The van der Waals surface area contributed by atoms with Gasteiger partial charge in [-0.05, 0) is 88.5 Å². The minimum atomic E-state index is 0.115. The first kappa shape index (κ1) is 27.8. The maximum absolute atomic E-state index is 12.7. The molecule has 0 radical (unpaired) electrons. The fraction of sp³-hybridized carbons (Fsp3) is 0.333. The van der Waals surface area contributed by atoms with Crippen molar-refractivity contribution in [3.05, 3.63) is 97.2 Å². The number of pyridine rings is 1.